The molecule has 0 N–H and O–H groups in total. The third-order valence-electron chi connectivity index (χ3n) is 4.51. The summed E-state index contributed by atoms with van der Waals surface area (Å²) in [5.74, 6) is -0.920. The zero-order chi connectivity index (χ0) is 17.7. The Labute approximate surface area is 143 Å². The van der Waals surface area contributed by atoms with Crippen molar-refractivity contribution in [2.75, 3.05) is 45.1 Å². The van der Waals surface area contributed by atoms with Crippen molar-refractivity contribution in [3.8, 4) is 0 Å². The van der Waals surface area contributed by atoms with Crippen molar-refractivity contribution in [1.82, 2.24) is 9.21 Å². The van der Waals surface area contributed by atoms with E-state index in [0.29, 0.717) is 52.2 Å². The summed E-state index contributed by atoms with van der Waals surface area (Å²) in [5, 5.41) is 0. The summed E-state index contributed by atoms with van der Waals surface area (Å²) >= 11 is 0. The third kappa shape index (κ3) is 4.67. The number of rotatable bonds is 5. The topological polar surface area (TPSA) is 93.2 Å². The Morgan fingerprint density at radius 3 is 2.29 bits per heavy atom. The highest BCUT2D eigenvalue weighted by Gasteiger charge is 2.33. The molecule has 9 heteroatoms. The summed E-state index contributed by atoms with van der Waals surface area (Å²) in [6.07, 6.45) is 0.0283. The SMILES string of the molecule is CCS(=O)(=O)N1CCC(C(=O)OC(C)C(=O)N2CCOCC2)CC1. The van der Waals surface area contributed by atoms with E-state index >= 15 is 0 Å². The summed E-state index contributed by atoms with van der Waals surface area (Å²) in [6, 6.07) is 0. The number of piperidine rings is 1. The molecule has 138 valence electrons. The lowest BCUT2D eigenvalue weighted by molar-refractivity contribution is -0.164. The number of esters is 1. The van der Waals surface area contributed by atoms with E-state index in [-0.39, 0.29) is 17.6 Å². The molecular formula is C15H26N2O6S. The minimum atomic E-state index is -3.21. The van der Waals surface area contributed by atoms with Gasteiger partial charge in [0.15, 0.2) is 6.10 Å². The molecule has 0 spiro atoms. The largest absolute Gasteiger partial charge is 0.452 e. The molecule has 2 rings (SSSR count). The van der Waals surface area contributed by atoms with E-state index < -0.39 is 22.1 Å². The molecule has 1 atom stereocenters. The number of carbonyl (C=O) groups is 2. The summed E-state index contributed by atoms with van der Waals surface area (Å²) in [5.41, 5.74) is 0. The van der Waals surface area contributed by atoms with Crippen molar-refractivity contribution in [3.63, 3.8) is 0 Å². The molecular weight excluding hydrogens is 336 g/mol. The van der Waals surface area contributed by atoms with Gasteiger partial charge in [-0.3, -0.25) is 9.59 Å². The number of sulfonamides is 1. The highest BCUT2D eigenvalue weighted by atomic mass is 32.2. The average Bonchev–Trinajstić information content (AvgIpc) is 2.61. The van der Waals surface area contributed by atoms with Crippen molar-refractivity contribution in [3.05, 3.63) is 0 Å². The third-order valence-corrected chi connectivity index (χ3v) is 6.39. The van der Waals surface area contributed by atoms with Crippen molar-refractivity contribution in [2.24, 2.45) is 5.92 Å². The van der Waals surface area contributed by atoms with Crippen molar-refractivity contribution in [2.45, 2.75) is 32.8 Å². The maximum atomic E-state index is 12.2. The van der Waals surface area contributed by atoms with Crippen LogP contribution in [-0.4, -0.2) is 80.7 Å². The fourth-order valence-corrected chi connectivity index (χ4v) is 4.05. The molecule has 0 saturated carbocycles. The van der Waals surface area contributed by atoms with Crippen LogP contribution < -0.4 is 0 Å². The van der Waals surface area contributed by atoms with Crippen molar-refractivity contribution in [1.29, 1.82) is 0 Å². The van der Waals surface area contributed by atoms with Crippen LogP contribution in [0, 0.1) is 5.92 Å². The first-order valence-electron chi connectivity index (χ1n) is 8.40. The first-order valence-corrected chi connectivity index (χ1v) is 10.0. The molecule has 24 heavy (non-hydrogen) atoms. The van der Waals surface area contributed by atoms with Gasteiger partial charge in [0.25, 0.3) is 5.91 Å². The lowest BCUT2D eigenvalue weighted by atomic mass is 9.98. The first kappa shape index (κ1) is 19.1. The molecule has 0 radical (unpaired) electrons. The van der Waals surface area contributed by atoms with Crippen LogP contribution in [0.4, 0.5) is 0 Å². The second-order valence-corrected chi connectivity index (χ2v) is 8.35. The van der Waals surface area contributed by atoms with E-state index in [9.17, 15) is 18.0 Å². The molecule has 8 nitrogen and oxygen atoms in total. The zero-order valence-electron chi connectivity index (χ0n) is 14.3. The van der Waals surface area contributed by atoms with Gasteiger partial charge in [0, 0.05) is 26.2 Å². The maximum Gasteiger partial charge on any atom is 0.309 e. The van der Waals surface area contributed by atoms with Crippen LogP contribution in [0.5, 0.6) is 0 Å². The minimum Gasteiger partial charge on any atom is -0.452 e. The maximum absolute atomic E-state index is 12.2. The predicted molar refractivity (Wildman–Crippen MR) is 86.7 cm³/mol. The Hall–Kier alpha value is -1.19. The number of carbonyl (C=O) groups excluding carboxylic acids is 2. The first-order chi connectivity index (χ1) is 11.3. The molecule has 2 aliphatic rings. The van der Waals surface area contributed by atoms with Gasteiger partial charge >= 0.3 is 5.97 Å². The number of hydrogen-bond acceptors (Lipinski definition) is 6. The zero-order valence-corrected chi connectivity index (χ0v) is 15.1. The average molecular weight is 362 g/mol. The molecule has 2 aliphatic heterocycles. The van der Waals surface area contributed by atoms with E-state index in [4.69, 9.17) is 9.47 Å². The molecule has 0 aliphatic carbocycles. The number of hydrogen-bond donors (Lipinski definition) is 0. The molecule has 2 heterocycles. The van der Waals surface area contributed by atoms with Crippen LogP contribution in [0.3, 0.4) is 0 Å². The fraction of sp³-hybridized carbons (Fsp3) is 0.867. The van der Waals surface area contributed by atoms with Crippen LogP contribution in [-0.2, 0) is 29.1 Å². The lowest BCUT2D eigenvalue weighted by Crippen LogP contribution is -2.47. The van der Waals surface area contributed by atoms with Crippen molar-refractivity contribution < 1.29 is 27.5 Å². The van der Waals surface area contributed by atoms with Crippen LogP contribution in [0.2, 0.25) is 0 Å². The number of ether oxygens (including phenoxy) is 2. The second-order valence-electron chi connectivity index (χ2n) is 6.09. The van der Waals surface area contributed by atoms with Gasteiger partial charge in [-0.05, 0) is 26.7 Å². The monoisotopic (exact) mass is 362 g/mol. The Balaban J connectivity index is 1.81. The molecule has 1 unspecified atom stereocenters. The number of morpholine rings is 1. The second kappa shape index (κ2) is 8.26. The Bertz CT molecular complexity index is 550. The summed E-state index contributed by atoms with van der Waals surface area (Å²) in [4.78, 5) is 26.1. The molecule has 2 saturated heterocycles. The van der Waals surface area contributed by atoms with Gasteiger partial charge in [0.2, 0.25) is 10.0 Å². The van der Waals surface area contributed by atoms with Gasteiger partial charge in [0.05, 0.1) is 24.9 Å². The van der Waals surface area contributed by atoms with E-state index in [2.05, 4.69) is 0 Å². The van der Waals surface area contributed by atoms with Gasteiger partial charge in [-0.25, -0.2) is 12.7 Å². The standard InChI is InChI=1S/C15H26N2O6S/c1-3-24(20,21)17-6-4-13(5-7-17)15(19)23-12(2)14(18)16-8-10-22-11-9-16/h12-13H,3-11H2,1-2H3. The number of amides is 1. The Morgan fingerprint density at radius 2 is 1.75 bits per heavy atom. The fourth-order valence-electron chi connectivity index (χ4n) is 2.91. The van der Waals surface area contributed by atoms with E-state index in [1.165, 1.54) is 4.31 Å². The Morgan fingerprint density at radius 1 is 1.17 bits per heavy atom. The normalized spacial score (nSPS) is 22.2. The van der Waals surface area contributed by atoms with Gasteiger partial charge in [-0.15, -0.1) is 0 Å². The van der Waals surface area contributed by atoms with Gasteiger partial charge in [0.1, 0.15) is 0 Å². The van der Waals surface area contributed by atoms with Gasteiger partial charge < -0.3 is 14.4 Å². The van der Waals surface area contributed by atoms with Crippen LogP contribution in [0.1, 0.15) is 26.7 Å². The summed E-state index contributed by atoms with van der Waals surface area (Å²) in [7, 11) is -3.21. The highest BCUT2D eigenvalue weighted by molar-refractivity contribution is 7.89. The molecule has 0 aromatic carbocycles. The van der Waals surface area contributed by atoms with Crippen molar-refractivity contribution >= 4 is 21.9 Å². The Kier molecular flexibility index (Phi) is 6.59. The predicted octanol–water partition coefficient (Wildman–Crippen LogP) is -0.161. The van der Waals surface area contributed by atoms with E-state index in [1.54, 1.807) is 18.7 Å². The smallest absolute Gasteiger partial charge is 0.309 e. The highest BCUT2D eigenvalue weighted by Crippen LogP contribution is 2.22. The molecule has 1 amide bonds. The van der Waals surface area contributed by atoms with Crippen LogP contribution >= 0.6 is 0 Å². The summed E-state index contributed by atoms with van der Waals surface area (Å²) < 4.78 is 35.6. The molecule has 0 bridgehead atoms. The molecule has 0 aromatic rings. The molecule has 2 fully saturated rings. The van der Waals surface area contributed by atoms with Gasteiger partial charge in [-0.2, -0.15) is 0 Å². The minimum absolute atomic E-state index is 0.0627. The van der Waals surface area contributed by atoms with Gasteiger partial charge in [-0.1, -0.05) is 0 Å². The van der Waals surface area contributed by atoms with E-state index in [1.807, 2.05) is 0 Å². The van der Waals surface area contributed by atoms with Crippen LogP contribution in [0.25, 0.3) is 0 Å². The molecule has 0 aromatic heterocycles. The van der Waals surface area contributed by atoms with E-state index in [0.717, 1.165) is 0 Å². The quantitative estimate of drug-likeness (QED) is 0.631. The lowest BCUT2D eigenvalue weighted by Gasteiger charge is -2.31. The summed E-state index contributed by atoms with van der Waals surface area (Å²) in [6.45, 7) is 5.83. The number of nitrogens with zero attached hydrogens (tertiary/aromatic N) is 2. The van der Waals surface area contributed by atoms with Crippen LogP contribution in [0.15, 0.2) is 0 Å².